The summed E-state index contributed by atoms with van der Waals surface area (Å²) in [5.74, 6) is -0.282. The largest absolute Gasteiger partial charge is 0.394 e. The second-order valence-corrected chi connectivity index (χ2v) is 32.0. The van der Waals surface area contributed by atoms with Crippen LogP contribution in [0.25, 0.3) is 0 Å². The summed E-state index contributed by atoms with van der Waals surface area (Å²) in [5.41, 5.74) is 0. The minimum atomic E-state index is -1.98. The number of amides is 1. The lowest BCUT2D eigenvalue weighted by Gasteiger charge is -2.48. The highest BCUT2D eigenvalue weighted by Gasteiger charge is 2.54. The molecule has 3 fully saturated rings. The van der Waals surface area contributed by atoms with Crippen molar-refractivity contribution < 1.29 is 89.4 Å². The van der Waals surface area contributed by atoms with Gasteiger partial charge in [-0.25, -0.2) is 0 Å². The SMILES string of the molecule is CCCCCCCCCC/C=C\CCCCCCCCCCCCCCCCCCCCCCCC(=O)NC(COC1OC(CO)C(OC2OC(CO)C(OC3OC(CO)C(O)C(O)C3O)C(O)C2O)C(O)C1O)C(O)/C=C/CC/C=C/CC/C=C/CCCCCCCCCCCCCCCCCCCCCC. The van der Waals surface area contributed by atoms with Crippen molar-refractivity contribution >= 4 is 5.91 Å². The zero-order chi connectivity index (χ0) is 78.1. The Morgan fingerprint density at radius 2 is 0.593 bits per heavy atom. The molecule has 0 saturated carbocycles. The summed E-state index contributed by atoms with van der Waals surface area (Å²) >= 11 is 0. The highest BCUT2D eigenvalue weighted by molar-refractivity contribution is 5.76. The number of allylic oxidation sites excluding steroid dienone is 7. The lowest BCUT2D eigenvalue weighted by atomic mass is 9.96. The van der Waals surface area contributed by atoms with Gasteiger partial charge < -0.3 is 89.9 Å². The average Bonchev–Trinajstić information content (AvgIpc) is 0.779. The first-order chi connectivity index (χ1) is 52.8. The fourth-order valence-corrected chi connectivity index (χ4v) is 15.2. The van der Waals surface area contributed by atoms with E-state index in [0.717, 1.165) is 44.9 Å². The van der Waals surface area contributed by atoms with Crippen LogP contribution in [0.2, 0.25) is 0 Å². The zero-order valence-electron chi connectivity index (χ0n) is 68.3. The average molecular weight is 1540 g/mol. The maximum Gasteiger partial charge on any atom is 0.220 e. The van der Waals surface area contributed by atoms with Crippen molar-refractivity contribution in [2.24, 2.45) is 0 Å². The van der Waals surface area contributed by atoms with E-state index in [-0.39, 0.29) is 18.9 Å². The maximum absolute atomic E-state index is 13.5. The molecular formula is C89H165NO18. The number of aliphatic hydroxyl groups excluding tert-OH is 11. The zero-order valence-corrected chi connectivity index (χ0v) is 68.3. The fourth-order valence-electron chi connectivity index (χ4n) is 15.2. The molecule has 19 heteroatoms. The fraction of sp³-hybridized carbons (Fsp3) is 0.899. The highest BCUT2D eigenvalue weighted by Crippen LogP contribution is 2.34. The molecule has 0 aromatic heterocycles. The van der Waals surface area contributed by atoms with Crippen LogP contribution in [-0.2, 0) is 33.2 Å². The van der Waals surface area contributed by atoms with Gasteiger partial charge in [0.25, 0.3) is 0 Å². The van der Waals surface area contributed by atoms with Crippen molar-refractivity contribution in [1.29, 1.82) is 0 Å². The monoisotopic (exact) mass is 1540 g/mol. The van der Waals surface area contributed by atoms with Gasteiger partial charge in [0.1, 0.15) is 73.2 Å². The first-order valence-corrected chi connectivity index (χ1v) is 44.9. The number of aliphatic hydroxyl groups is 11. The third kappa shape index (κ3) is 47.6. The van der Waals surface area contributed by atoms with E-state index in [9.17, 15) is 61.0 Å². The Morgan fingerprint density at radius 3 is 0.926 bits per heavy atom. The van der Waals surface area contributed by atoms with Crippen molar-refractivity contribution in [3.63, 3.8) is 0 Å². The van der Waals surface area contributed by atoms with E-state index in [1.165, 1.54) is 302 Å². The smallest absolute Gasteiger partial charge is 0.220 e. The standard InChI is InChI=1S/C89H165NO18/c1-3-5-7-9-11-13-15-17-19-21-23-25-27-29-31-33-35-36-37-39-41-43-45-47-49-51-53-55-57-59-61-63-65-67-77(95)90-72(73(94)66-64-62-60-58-56-54-52-50-48-46-44-42-40-38-34-32-30-28-26-24-22-20-18-16-14-12-10-8-6-4-2)71-103-87-83(101)80(98)85(75(69-92)105-87)108-89-84(102)81(99)86(76(70-93)106-89)107-88-82(100)79(97)78(96)74(68-91)104-88/h21,23,48,50,56,58,64,66,72-76,78-89,91-94,96-102H,3-20,22,24-47,49,51-55,57,59-63,65,67-71H2,1-2H3,(H,90,95)/b23-21-,50-48+,58-56+,66-64+. The molecule has 12 N–H and O–H groups in total. The normalized spacial score (nSPS) is 25.6. The van der Waals surface area contributed by atoms with Gasteiger partial charge in [-0.05, 0) is 70.6 Å². The molecule has 0 bridgehead atoms. The number of hydrogen-bond donors (Lipinski definition) is 12. The lowest BCUT2D eigenvalue weighted by molar-refractivity contribution is -0.379. The van der Waals surface area contributed by atoms with Gasteiger partial charge in [0, 0.05) is 6.42 Å². The molecular weight excluding hydrogens is 1370 g/mol. The maximum atomic E-state index is 13.5. The number of rotatable bonds is 73. The van der Waals surface area contributed by atoms with Crippen LogP contribution in [0.15, 0.2) is 48.6 Å². The van der Waals surface area contributed by atoms with Gasteiger partial charge in [-0.1, -0.05) is 351 Å². The second kappa shape index (κ2) is 69.1. The summed E-state index contributed by atoms with van der Waals surface area (Å²) in [7, 11) is 0. The van der Waals surface area contributed by atoms with Crippen molar-refractivity contribution in [2.45, 2.75) is 484 Å². The molecule has 108 heavy (non-hydrogen) atoms. The number of nitrogens with one attached hydrogen (secondary N) is 1. The van der Waals surface area contributed by atoms with E-state index in [0.29, 0.717) is 12.8 Å². The van der Waals surface area contributed by atoms with Crippen LogP contribution >= 0.6 is 0 Å². The van der Waals surface area contributed by atoms with Gasteiger partial charge in [-0.3, -0.25) is 4.79 Å². The molecule has 634 valence electrons. The van der Waals surface area contributed by atoms with Crippen LogP contribution in [0.3, 0.4) is 0 Å². The topological polar surface area (TPSA) is 307 Å². The van der Waals surface area contributed by atoms with Crippen LogP contribution < -0.4 is 5.32 Å². The van der Waals surface area contributed by atoms with E-state index >= 15 is 0 Å². The van der Waals surface area contributed by atoms with Crippen LogP contribution in [-0.4, -0.2) is 193 Å². The Labute approximate surface area is 656 Å². The summed E-state index contributed by atoms with van der Waals surface area (Å²) in [5, 5.41) is 121. The third-order valence-corrected chi connectivity index (χ3v) is 22.3. The molecule has 3 aliphatic rings. The summed E-state index contributed by atoms with van der Waals surface area (Å²) in [6.45, 7) is 1.77. The van der Waals surface area contributed by atoms with Crippen molar-refractivity contribution in [3.05, 3.63) is 48.6 Å². The van der Waals surface area contributed by atoms with E-state index in [1.54, 1.807) is 6.08 Å². The van der Waals surface area contributed by atoms with E-state index in [4.69, 9.17) is 28.4 Å². The molecule has 0 aromatic rings. The number of hydrogen-bond acceptors (Lipinski definition) is 18. The molecule has 1 amide bonds. The number of unbranched alkanes of at least 4 members (excludes halogenated alkanes) is 51. The summed E-state index contributed by atoms with van der Waals surface area (Å²) < 4.78 is 34.5. The predicted octanol–water partition coefficient (Wildman–Crippen LogP) is 16.8. The molecule has 17 atom stereocenters. The molecule has 0 aliphatic carbocycles. The number of ether oxygens (including phenoxy) is 6. The Bertz CT molecular complexity index is 2130. The van der Waals surface area contributed by atoms with Gasteiger partial charge in [0.2, 0.25) is 5.91 Å². The van der Waals surface area contributed by atoms with E-state index in [2.05, 4.69) is 55.6 Å². The first kappa shape index (κ1) is 99.9. The molecule has 0 spiro atoms. The van der Waals surface area contributed by atoms with Crippen molar-refractivity contribution in [2.75, 3.05) is 26.4 Å². The van der Waals surface area contributed by atoms with Gasteiger partial charge >= 0.3 is 0 Å². The molecule has 3 saturated heterocycles. The van der Waals surface area contributed by atoms with Gasteiger partial charge in [-0.2, -0.15) is 0 Å². The predicted molar refractivity (Wildman–Crippen MR) is 434 cm³/mol. The van der Waals surface area contributed by atoms with Gasteiger partial charge in [0.15, 0.2) is 18.9 Å². The molecule has 0 radical (unpaired) electrons. The quantitative estimate of drug-likeness (QED) is 0.0199. The minimum Gasteiger partial charge on any atom is -0.394 e. The summed E-state index contributed by atoms with van der Waals surface area (Å²) in [6.07, 6.45) is 62.7. The Morgan fingerprint density at radius 1 is 0.324 bits per heavy atom. The van der Waals surface area contributed by atoms with Crippen molar-refractivity contribution in [1.82, 2.24) is 5.32 Å². The van der Waals surface area contributed by atoms with E-state index < -0.39 is 124 Å². The molecule has 17 unspecified atom stereocenters. The molecule has 3 rings (SSSR count). The van der Waals surface area contributed by atoms with Crippen LogP contribution in [0.1, 0.15) is 380 Å². The van der Waals surface area contributed by atoms with Gasteiger partial charge in [0.05, 0.1) is 38.6 Å². The minimum absolute atomic E-state index is 0.235. The molecule has 3 heterocycles. The Kier molecular flexibility index (Phi) is 63.9. The third-order valence-electron chi connectivity index (χ3n) is 22.3. The number of carbonyl (C=O) groups excluding carboxylic acids is 1. The number of carbonyl (C=O) groups is 1. The summed E-state index contributed by atoms with van der Waals surface area (Å²) in [6, 6.07) is -0.998. The van der Waals surface area contributed by atoms with E-state index in [1.807, 2.05) is 6.08 Å². The van der Waals surface area contributed by atoms with Crippen LogP contribution in [0, 0.1) is 0 Å². The highest BCUT2D eigenvalue weighted by atomic mass is 16.8. The molecule has 0 aromatic carbocycles. The molecule has 3 aliphatic heterocycles. The van der Waals surface area contributed by atoms with Gasteiger partial charge in [-0.15, -0.1) is 0 Å². The van der Waals surface area contributed by atoms with Crippen molar-refractivity contribution in [3.8, 4) is 0 Å². The van der Waals surface area contributed by atoms with Crippen LogP contribution in [0.4, 0.5) is 0 Å². The molecule has 19 nitrogen and oxygen atoms in total. The summed E-state index contributed by atoms with van der Waals surface area (Å²) in [4.78, 5) is 13.5. The lowest BCUT2D eigenvalue weighted by Crippen LogP contribution is -2.66. The second-order valence-electron chi connectivity index (χ2n) is 32.0. The first-order valence-electron chi connectivity index (χ1n) is 44.9. The Balaban J connectivity index is 1.35. The van der Waals surface area contributed by atoms with Crippen LogP contribution in [0.5, 0.6) is 0 Å². The Hall–Kier alpha value is -2.25.